The lowest BCUT2D eigenvalue weighted by Crippen LogP contribution is -2.38. The van der Waals surface area contributed by atoms with Crippen molar-refractivity contribution in [3.63, 3.8) is 0 Å². The van der Waals surface area contributed by atoms with Crippen LogP contribution in [0, 0.1) is 0 Å². The third-order valence-electron chi connectivity index (χ3n) is 5.72. The van der Waals surface area contributed by atoms with Crippen LogP contribution in [0.5, 0.6) is 0 Å². The van der Waals surface area contributed by atoms with Gasteiger partial charge in [-0.1, -0.05) is 12.2 Å². The summed E-state index contributed by atoms with van der Waals surface area (Å²) in [4.78, 5) is 14.6. The monoisotopic (exact) mass is 516 g/mol. The minimum absolute atomic E-state index is 0.0110. The van der Waals surface area contributed by atoms with Gasteiger partial charge in [-0.05, 0) is 54.3 Å². The van der Waals surface area contributed by atoms with E-state index >= 15 is 0 Å². The van der Waals surface area contributed by atoms with Gasteiger partial charge in [-0.3, -0.25) is 10.0 Å². The number of halogens is 7. The smallest absolute Gasteiger partial charge is 0.416 e. The quantitative estimate of drug-likeness (QED) is 0.489. The van der Waals surface area contributed by atoms with Gasteiger partial charge in [-0.2, -0.15) is 31.4 Å². The highest BCUT2D eigenvalue weighted by atomic mass is 19.4. The highest BCUT2D eigenvalue weighted by Gasteiger charge is 2.38. The Morgan fingerprint density at radius 3 is 2.31 bits per heavy atom. The standard InChI is InChI=1S/C24H19F7N2O3/c25-19-5-2-1-4-17(19)18-6-8-33(35)22-20(18)21(34)32(7-3-9-36-22)13-14-10-15(23(26,27)28)12-16(11-14)24(29,30)31/h1-2,5-6,8,10-12,35H,3-4,7,9,13H2. The molecule has 0 saturated heterocycles. The molecule has 1 aromatic carbocycles. The molecule has 3 aliphatic rings. The van der Waals surface area contributed by atoms with Gasteiger partial charge >= 0.3 is 12.4 Å². The van der Waals surface area contributed by atoms with Gasteiger partial charge in [0.15, 0.2) is 0 Å². The maximum absolute atomic E-state index is 14.6. The Kier molecular flexibility index (Phi) is 6.74. The maximum Gasteiger partial charge on any atom is 0.416 e. The van der Waals surface area contributed by atoms with E-state index in [0.29, 0.717) is 17.2 Å². The van der Waals surface area contributed by atoms with Crippen LogP contribution < -0.4 is 0 Å². The average molecular weight is 516 g/mol. The molecule has 1 amide bonds. The Morgan fingerprint density at radius 2 is 1.69 bits per heavy atom. The van der Waals surface area contributed by atoms with Crippen LogP contribution in [0.15, 0.2) is 77.1 Å². The van der Waals surface area contributed by atoms with E-state index in [4.69, 9.17) is 4.74 Å². The minimum Gasteiger partial charge on any atom is -0.477 e. The second-order valence-electron chi connectivity index (χ2n) is 8.22. The van der Waals surface area contributed by atoms with Gasteiger partial charge in [0.2, 0.25) is 5.88 Å². The molecule has 2 aliphatic heterocycles. The molecular formula is C24H19F7N2O3. The van der Waals surface area contributed by atoms with E-state index in [2.05, 4.69) is 0 Å². The predicted molar refractivity (Wildman–Crippen MR) is 112 cm³/mol. The van der Waals surface area contributed by atoms with Crippen molar-refractivity contribution < 1.29 is 45.5 Å². The number of hydrogen-bond donors (Lipinski definition) is 1. The van der Waals surface area contributed by atoms with E-state index < -0.39 is 41.8 Å². The molecule has 0 spiro atoms. The summed E-state index contributed by atoms with van der Waals surface area (Å²) in [6.45, 7) is -0.674. The van der Waals surface area contributed by atoms with E-state index in [-0.39, 0.29) is 60.2 Å². The highest BCUT2D eigenvalue weighted by Crippen LogP contribution is 2.38. The number of hydroxylamine groups is 2. The van der Waals surface area contributed by atoms with Gasteiger partial charge < -0.3 is 9.64 Å². The first-order valence-corrected chi connectivity index (χ1v) is 10.7. The Balaban J connectivity index is 1.78. The second-order valence-corrected chi connectivity index (χ2v) is 8.22. The molecule has 0 unspecified atom stereocenters. The summed E-state index contributed by atoms with van der Waals surface area (Å²) in [7, 11) is 0. The molecular weight excluding hydrogens is 497 g/mol. The molecule has 1 aliphatic carbocycles. The molecule has 1 aromatic rings. The lowest BCUT2D eigenvalue weighted by Gasteiger charge is -2.32. The van der Waals surface area contributed by atoms with E-state index in [1.807, 2.05) is 0 Å². The maximum atomic E-state index is 14.6. The van der Waals surface area contributed by atoms with E-state index in [9.17, 15) is 40.7 Å². The van der Waals surface area contributed by atoms with Gasteiger partial charge in [0, 0.05) is 24.9 Å². The minimum atomic E-state index is -5.04. The summed E-state index contributed by atoms with van der Waals surface area (Å²) < 4.78 is 99.9. The van der Waals surface area contributed by atoms with Crippen molar-refractivity contribution >= 4 is 5.91 Å². The summed E-state index contributed by atoms with van der Waals surface area (Å²) in [5.74, 6) is -1.79. The zero-order valence-corrected chi connectivity index (χ0v) is 18.5. The van der Waals surface area contributed by atoms with Crippen LogP contribution in [-0.2, 0) is 28.4 Å². The molecule has 0 atom stereocenters. The van der Waals surface area contributed by atoms with Gasteiger partial charge in [-0.15, -0.1) is 0 Å². The van der Waals surface area contributed by atoms with Crippen LogP contribution in [0.2, 0.25) is 0 Å². The number of amides is 1. The number of nitrogens with zero attached hydrogens (tertiary/aromatic N) is 2. The fraction of sp³-hybridized carbons (Fsp3) is 0.292. The number of carbonyl (C=O) groups is 1. The van der Waals surface area contributed by atoms with Crippen molar-refractivity contribution in [3.05, 3.63) is 93.8 Å². The van der Waals surface area contributed by atoms with Crippen molar-refractivity contribution in [1.29, 1.82) is 0 Å². The molecule has 0 aromatic heterocycles. The Labute approximate surface area is 200 Å². The Hall–Kier alpha value is -3.54. The first-order chi connectivity index (χ1) is 16.9. The number of allylic oxidation sites excluding steroid dienone is 6. The van der Waals surface area contributed by atoms with Crippen LogP contribution in [-0.4, -0.2) is 34.2 Å². The van der Waals surface area contributed by atoms with Crippen LogP contribution in [0.3, 0.4) is 0 Å². The molecule has 2 heterocycles. The highest BCUT2D eigenvalue weighted by molar-refractivity contribution is 6.00. The third kappa shape index (κ3) is 5.18. The number of ether oxygens (including phenoxy) is 1. The molecule has 4 rings (SSSR count). The molecule has 192 valence electrons. The summed E-state index contributed by atoms with van der Waals surface area (Å²) >= 11 is 0. The van der Waals surface area contributed by atoms with Crippen molar-refractivity contribution in [3.8, 4) is 0 Å². The van der Waals surface area contributed by atoms with Crippen LogP contribution in [0.1, 0.15) is 29.5 Å². The van der Waals surface area contributed by atoms with Gasteiger partial charge in [-0.25, -0.2) is 4.39 Å². The summed E-state index contributed by atoms with van der Waals surface area (Å²) in [5, 5.41) is 10.8. The summed E-state index contributed by atoms with van der Waals surface area (Å²) in [6.07, 6.45) is -3.07. The van der Waals surface area contributed by atoms with E-state index in [1.165, 1.54) is 18.2 Å². The average Bonchev–Trinajstić information content (AvgIpc) is 2.79. The van der Waals surface area contributed by atoms with Crippen molar-refractivity contribution in [2.24, 2.45) is 0 Å². The topological polar surface area (TPSA) is 53.0 Å². The van der Waals surface area contributed by atoms with Gasteiger partial charge in [0.25, 0.3) is 5.91 Å². The van der Waals surface area contributed by atoms with Gasteiger partial charge in [0.05, 0.1) is 17.7 Å². The molecule has 0 fully saturated rings. The predicted octanol–water partition coefficient (Wildman–Crippen LogP) is 6.01. The molecule has 5 nitrogen and oxygen atoms in total. The van der Waals surface area contributed by atoms with Crippen molar-refractivity contribution in [2.75, 3.05) is 13.2 Å². The van der Waals surface area contributed by atoms with Gasteiger partial charge in [0.1, 0.15) is 11.4 Å². The fourth-order valence-corrected chi connectivity index (χ4v) is 4.06. The number of hydrogen-bond acceptors (Lipinski definition) is 4. The van der Waals surface area contributed by atoms with E-state index in [0.717, 1.165) is 11.1 Å². The normalized spacial score (nSPS) is 21.2. The molecule has 0 bridgehead atoms. The fourth-order valence-electron chi connectivity index (χ4n) is 4.06. The lowest BCUT2D eigenvalue weighted by atomic mass is 9.92. The second kappa shape index (κ2) is 9.49. The first kappa shape index (κ1) is 25.5. The largest absolute Gasteiger partial charge is 0.477 e. The number of carbonyl (C=O) groups excluding carboxylic acids is 1. The Bertz CT molecular complexity index is 1190. The number of benzene rings is 1. The molecule has 0 saturated carbocycles. The SMILES string of the molecule is O=C1C2=C(OCCCN1Cc1cc(C(F)(F)F)cc(C(F)(F)F)c1)N(O)C=CC2=C1CC=CC=C1F. The molecule has 1 N–H and O–H groups in total. The number of rotatable bonds is 2. The summed E-state index contributed by atoms with van der Waals surface area (Å²) in [5.41, 5.74) is -3.43. The van der Waals surface area contributed by atoms with Crippen LogP contribution in [0.4, 0.5) is 30.7 Å². The molecule has 0 radical (unpaired) electrons. The van der Waals surface area contributed by atoms with E-state index in [1.54, 1.807) is 6.08 Å². The zero-order valence-electron chi connectivity index (χ0n) is 18.5. The van der Waals surface area contributed by atoms with Crippen molar-refractivity contribution in [2.45, 2.75) is 31.7 Å². The van der Waals surface area contributed by atoms with Crippen LogP contribution >= 0.6 is 0 Å². The third-order valence-corrected chi connectivity index (χ3v) is 5.72. The summed E-state index contributed by atoms with van der Waals surface area (Å²) in [6, 6.07) is 1.12. The number of alkyl halides is 6. The van der Waals surface area contributed by atoms with Crippen LogP contribution in [0.25, 0.3) is 0 Å². The molecule has 12 heteroatoms. The Morgan fingerprint density at radius 1 is 1.03 bits per heavy atom. The lowest BCUT2D eigenvalue weighted by molar-refractivity contribution is -0.143. The first-order valence-electron chi connectivity index (χ1n) is 10.7. The zero-order chi connectivity index (χ0) is 26.3. The van der Waals surface area contributed by atoms with Crippen molar-refractivity contribution in [1.82, 2.24) is 9.96 Å². The molecule has 36 heavy (non-hydrogen) atoms.